The topological polar surface area (TPSA) is 61.1 Å². The van der Waals surface area contributed by atoms with Gasteiger partial charge in [0.1, 0.15) is 11.7 Å². The highest BCUT2D eigenvalue weighted by Crippen LogP contribution is 2.42. The molecule has 4 aromatic rings. The van der Waals surface area contributed by atoms with E-state index in [4.69, 9.17) is 24.6 Å². The van der Waals surface area contributed by atoms with Crippen LogP contribution in [0.4, 0.5) is 0 Å². The van der Waals surface area contributed by atoms with Crippen LogP contribution >= 0.6 is 34.7 Å². The van der Waals surface area contributed by atoms with Crippen LogP contribution in [0, 0.1) is 0 Å². The zero-order valence-electron chi connectivity index (χ0n) is 16.7. The van der Waals surface area contributed by atoms with Crippen molar-refractivity contribution in [2.75, 3.05) is 6.26 Å². The Bertz CT molecular complexity index is 1460. The molecule has 5 rings (SSSR count). The molecule has 3 aromatic carbocycles. The van der Waals surface area contributed by atoms with Crippen LogP contribution in [0.1, 0.15) is 10.6 Å². The Morgan fingerprint density at radius 3 is 2.48 bits per heavy atom. The van der Waals surface area contributed by atoms with Gasteiger partial charge in [-0.3, -0.25) is 0 Å². The number of hydrogen-bond donors (Lipinski definition) is 0. The van der Waals surface area contributed by atoms with Crippen LogP contribution in [-0.2, 0) is 17.2 Å². The smallest absolute Gasteiger partial charge is 0.263 e. The van der Waals surface area contributed by atoms with Gasteiger partial charge in [0.05, 0.1) is 15.2 Å². The summed E-state index contributed by atoms with van der Waals surface area (Å²) in [4.78, 5) is 2.38. The molecule has 31 heavy (non-hydrogen) atoms. The molecule has 0 saturated heterocycles. The third-order valence-corrected chi connectivity index (χ3v) is 7.26. The summed E-state index contributed by atoms with van der Waals surface area (Å²) in [7, 11) is -1.78. The minimum absolute atomic E-state index is 0.604. The first kappa shape index (κ1) is 22.0. The van der Waals surface area contributed by atoms with Crippen molar-refractivity contribution in [3.8, 4) is 0 Å². The van der Waals surface area contributed by atoms with Crippen LogP contribution in [0.5, 0.6) is 0 Å². The lowest BCUT2D eigenvalue weighted by molar-refractivity contribution is -0.642. The van der Waals surface area contributed by atoms with Gasteiger partial charge in [0.15, 0.2) is 0 Å². The van der Waals surface area contributed by atoms with Crippen molar-refractivity contribution in [2.24, 2.45) is 7.05 Å². The summed E-state index contributed by atoms with van der Waals surface area (Å²) in [5.74, 6) is 0. The van der Waals surface area contributed by atoms with Crippen molar-refractivity contribution in [3.63, 3.8) is 0 Å². The molecule has 0 radical (unpaired) electrons. The van der Waals surface area contributed by atoms with Crippen molar-refractivity contribution in [1.82, 2.24) is 0 Å². The number of aryl methyl sites for hydroxylation is 1. The molecular weight excluding hydrogens is 470 g/mol. The highest BCUT2D eigenvalue weighted by atomic mass is 35.5. The number of thiazole rings is 1. The molecule has 8 heteroatoms. The maximum Gasteiger partial charge on any atom is 0.263 e. The summed E-state index contributed by atoms with van der Waals surface area (Å²) >= 11 is 10.1. The van der Waals surface area contributed by atoms with E-state index in [9.17, 15) is 0 Å². The fourth-order valence-electron chi connectivity index (χ4n) is 3.33. The molecule has 1 aliphatic heterocycles. The Balaban J connectivity index is 0.000000418. The van der Waals surface area contributed by atoms with Gasteiger partial charge < -0.3 is 4.55 Å². The number of nitrogens with zero attached hydrogens (tertiary/aromatic N) is 1. The number of halogens is 1. The Morgan fingerprint density at radius 1 is 1.03 bits per heavy atom. The first-order valence-corrected chi connectivity index (χ1v) is 13.1. The monoisotopic (exact) mass is 487 g/mol. The lowest BCUT2D eigenvalue weighted by Gasteiger charge is -2.14. The summed E-state index contributed by atoms with van der Waals surface area (Å²) in [6, 6.07) is 21.3. The molecule has 0 saturated carbocycles. The maximum atomic E-state index is 9.08. The maximum absolute atomic E-state index is 9.08. The molecule has 1 aromatic heterocycles. The molecule has 0 spiro atoms. The van der Waals surface area contributed by atoms with Crippen molar-refractivity contribution >= 4 is 76.9 Å². The quantitative estimate of drug-likeness (QED) is 0.253. The predicted molar refractivity (Wildman–Crippen MR) is 130 cm³/mol. The van der Waals surface area contributed by atoms with E-state index in [1.807, 2.05) is 17.4 Å². The molecule has 4 nitrogen and oxygen atoms in total. The highest BCUT2D eigenvalue weighted by Gasteiger charge is 2.20. The second kappa shape index (κ2) is 8.76. The highest BCUT2D eigenvalue weighted by molar-refractivity contribution is 8.03. The zero-order valence-corrected chi connectivity index (χ0v) is 19.9. The SMILES string of the molecule is CS(=O)(=O)[O-].C[n+]1c(/C=C2\C=C(Cl)c3ccccc3S2)sc2c3ccccc3ccc21. The van der Waals surface area contributed by atoms with E-state index in [1.165, 1.54) is 35.8 Å². The molecule has 0 unspecified atom stereocenters. The molecule has 0 aliphatic carbocycles. The number of fused-ring (bicyclic) bond motifs is 4. The molecule has 2 heterocycles. The van der Waals surface area contributed by atoms with Crippen LogP contribution in [0.15, 0.2) is 76.5 Å². The fourth-order valence-corrected chi connectivity index (χ4v) is 6.07. The van der Waals surface area contributed by atoms with Crippen LogP contribution in [0.2, 0.25) is 0 Å². The summed E-state index contributed by atoms with van der Waals surface area (Å²) < 4.78 is 30.8. The third-order valence-electron chi connectivity index (χ3n) is 4.66. The van der Waals surface area contributed by atoms with Crippen molar-refractivity contribution < 1.29 is 17.5 Å². The first-order chi connectivity index (χ1) is 14.7. The molecular formula is C23H18ClNO3S3. The van der Waals surface area contributed by atoms with Gasteiger partial charge in [0, 0.05) is 39.1 Å². The Morgan fingerprint density at radius 2 is 1.71 bits per heavy atom. The van der Waals surface area contributed by atoms with Crippen molar-refractivity contribution in [1.29, 1.82) is 0 Å². The van der Waals surface area contributed by atoms with Gasteiger partial charge in [0.25, 0.3) is 5.01 Å². The number of benzene rings is 3. The largest absolute Gasteiger partial charge is 0.748 e. The van der Waals surface area contributed by atoms with Crippen LogP contribution < -0.4 is 4.57 Å². The molecule has 1 aliphatic rings. The van der Waals surface area contributed by atoms with E-state index in [-0.39, 0.29) is 0 Å². The minimum Gasteiger partial charge on any atom is -0.748 e. The Kier molecular flexibility index (Phi) is 6.23. The van der Waals surface area contributed by atoms with E-state index in [0.717, 1.165) is 10.6 Å². The molecule has 0 bridgehead atoms. The van der Waals surface area contributed by atoms with Gasteiger partial charge in [-0.05, 0) is 23.6 Å². The van der Waals surface area contributed by atoms with Crippen LogP contribution in [0.3, 0.4) is 0 Å². The standard InChI is InChI=1S/C22H15ClNS2.CH4O3S/c1-24-19-11-10-14-6-2-3-7-16(14)22(19)26-21(24)13-15-12-18(23)17-8-4-5-9-20(17)25-15;1-5(2,3)4/h2-13H,1H3;1H3,(H,2,3,4)/q+1;/p-1/b15-13+;. The number of hydrogen-bond acceptors (Lipinski definition) is 5. The number of aromatic nitrogens is 1. The van der Waals surface area contributed by atoms with Gasteiger partial charge in [-0.2, -0.15) is 4.57 Å². The average Bonchev–Trinajstić information content (AvgIpc) is 3.03. The normalized spacial score (nSPS) is 14.8. The fraction of sp³-hybridized carbons (Fsp3) is 0.0870. The van der Waals surface area contributed by atoms with E-state index < -0.39 is 10.1 Å². The summed E-state index contributed by atoms with van der Waals surface area (Å²) in [6.45, 7) is 0. The Labute approximate surface area is 194 Å². The molecule has 0 atom stereocenters. The van der Waals surface area contributed by atoms with Gasteiger partial charge in [-0.15, -0.1) is 0 Å². The van der Waals surface area contributed by atoms with Gasteiger partial charge in [-0.25, -0.2) is 8.42 Å². The number of rotatable bonds is 1. The molecule has 0 amide bonds. The van der Waals surface area contributed by atoms with Gasteiger partial charge in [-0.1, -0.05) is 77.2 Å². The van der Waals surface area contributed by atoms with Crippen LogP contribution in [0.25, 0.3) is 32.1 Å². The van der Waals surface area contributed by atoms with E-state index in [2.05, 4.69) is 78.4 Å². The second-order valence-corrected chi connectivity index (χ2v) is 10.9. The van der Waals surface area contributed by atoms with E-state index >= 15 is 0 Å². The third kappa shape index (κ3) is 5.02. The average molecular weight is 488 g/mol. The van der Waals surface area contributed by atoms with E-state index in [0.29, 0.717) is 6.26 Å². The lowest BCUT2D eigenvalue weighted by Crippen LogP contribution is -2.28. The van der Waals surface area contributed by atoms with Gasteiger partial charge in [0.2, 0.25) is 5.52 Å². The molecule has 158 valence electrons. The Hall–Kier alpha value is -2.16. The first-order valence-electron chi connectivity index (χ1n) is 9.28. The van der Waals surface area contributed by atoms with Gasteiger partial charge >= 0.3 is 0 Å². The number of allylic oxidation sites excluding steroid dienone is 1. The summed E-state index contributed by atoms with van der Waals surface area (Å²) in [5, 5.41) is 4.62. The molecule has 0 fully saturated rings. The van der Waals surface area contributed by atoms with Crippen LogP contribution in [-0.4, -0.2) is 19.2 Å². The lowest BCUT2D eigenvalue weighted by atomic mass is 10.1. The van der Waals surface area contributed by atoms with Crippen molar-refractivity contribution in [2.45, 2.75) is 4.90 Å². The second-order valence-electron chi connectivity index (χ2n) is 6.98. The molecule has 0 N–H and O–H groups in total. The predicted octanol–water partition coefficient (Wildman–Crippen LogP) is 5.77. The summed E-state index contributed by atoms with van der Waals surface area (Å²) in [5.41, 5.74) is 2.37. The van der Waals surface area contributed by atoms with E-state index in [1.54, 1.807) is 11.8 Å². The van der Waals surface area contributed by atoms with Crippen molar-refractivity contribution in [3.05, 3.63) is 82.2 Å². The number of thioether (sulfide) groups is 1. The summed E-state index contributed by atoms with van der Waals surface area (Å²) in [6.07, 6.45) is 4.91. The zero-order chi connectivity index (χ0) is 22.2. The minimum atomic E-state index is -3.92.